The average Bonchev–Trinajstić information content (AvgIpc) is 2.84. The van der Waals surface area contributed by atoms with Gasteiger partial charge >= 0.3 is 5.97 Å². The highest BCUT2D eigenvalue weighted by Crippen LogP contribution is 2.39. The molecule has 1 fully saturated rings. The summed E-state index contributed by atoms with van der Waals surface area (Å²) < 4.78 is 10.6. The summed E-state index contributed by atoms with van der Waals surface area (Å²) in [5.74, 6) is -2.13. The lowest BCUT2D eigenvalue weighted by Gasteiger charge is -2.31. The largest absolute Gasteiger partial charge is 0.481 e. The van der Waals surface area contributed by atoms with Crippen LogP contribution in [0.25, 0.3) is 0 Å². The molecule has 1 aromatic carbocycles. The van der Waals surface area contributed by atoms with Crippen LogP contribution in [0.4, 0.5) is 0 Å². The minimum atomic E-state index is -1.35. The lowest BCUT2D eigenvalue weighted by Crippen LogP contribution is -2.53. The number of hydrogen-bond donors (Lipinski definition) is 2. The molecule has 0 aliphatic carbocycles. The minimum absolute atomic E-state index is 0.0747. The van der Waals surface area contributed by atoms with Crippen molar-refractivity contribution in [2.45, 2.75) is 51.5 Å². The van der Waals surface area contributed by atoms with Crippen molar-refractivity contribution in [3.8, 4) is 5.75 Å². The van der Waals surface area contributed by atoms with Crippen LogP contribution in [-0.2, 0) is 19.1 Å². The second-order valence-corrected chi connectivity index (χ2v) is 7.65. The van der Waals surface area contributed by atoms with Gasteiger partial charge in [0.2, 0.25) is 11.8 Å². The molecule has 3 rings (SSSR count). The second kappa shape index (κ2) is 7.23. The van der Waals surface area contributed by atoms with Crippen LogP contribution in [0.1, 0.15) is 55.8 Å². The first-order chi connectivity index (χ1) is 13.1. The maximum Gasteiger partial charge on any atom is 0.344 e. The van der Waals surface area contributed by atoms with Crippen molar-refractivity contribution >= 4 is 23.7 Å². The summed E-state index contributed by atoms with van der Waals surface area (Å²) in [4.78, 5) is 49.3. The molecule has 2 unspecified atom stereocenters. The number of ether oxygens (including phenoxy) is 2. The standard InChI is InChI=1S/C19H22N2O7/c1-19(2,3)28-14(23)9-27-12-6-4-5-10-15(12)18(26)21(17(10)25)11-7-8-13(22)20-16(11)24/h4-6,11,17,25H,7-9H2,1-3H3,(H,20,22,24). The number of rotatable bonds is 4. The third-order valence-corrected chi connectivity index (χ3v) is 4.36. The fraction of sp³-hybridized carbons (Fsp3) is 0.474. The molecule has 1 saturated heterocycles. The SMILES string of the molecule is CC(C)(C)OC(=O)COc1cccc2c1C(=O)N(C1CCC(=O)NC1=O)C2O. The van der Waals surface area contributed by atoms with E-state index in [0.29, 0.717) is 0 Å². The van der Waals surface area contributed by atoms with Gasteiger partial charge in [0.1, 0.15) is 17.4 Å². The zero-order chi connectivity index (χ0) is 20.6. The summed E-state index contributed by atoms with van der Waals surface area (Å²) in [6, 6.07) is 3.66. The van der Waals surface area contributed by atoms with E-state index in [4.69, 9.17) is 9.47 Å². The Labute approximate surface area is 161 Å². The zero-order valence-corrected chi connectivity index (χ0v) is 15.9. The lowest BCUT2D eigenvalue weighted by atomic mass is 10.0. The highest BCUT2D eigenvalue weighted by Gasteiger charge is 2.45. The lowest BCUT2D eigenvalue weighted by molar-refractivity contribution is -0.157. The minimum Gasteiger partial charge on any atom is -0.481 e. The van der Waals surface area contributed by atoms with E-state index in [1.165, 1.54) is 6.07 Å². The van der Waals surface area contributed by atoms with Gasteiger partial charge in [-0.15, -0.1) is 0 Å². The summed E-state index contributed by atoms with van der Waals surface area (Å²) in [5, 5.41) is 12.8. The van der Waals surface area contributed by atoms with Crippen LogP contribution in [0.3, 0.4) is 0 Å². The first kappa shape index (κ1) is 19.8. The molecule has 9 heteroatoms. The number of hydrogen-bond acceptors (Lipinski definition) is 7. The molecule has 0 saturated carbocycles. The topological polar surface area (TPSA) is 122 Å². The van der Waals surface area contributed by atoms with E-state index in [1.807, 2.05) is 0 Å². The van der Waals surface area contributed by atoms with Gasteiger partial charge in [0.15, 0.2) is 12.8 Å². The Hall–Kier alpha value is -2.94. The van der Waals surface area contributed by atoms with Crippen molar-refractivity contribution in [3.05, 3.63) is 29.3 Å². The van der Waals surface area contributed by atoms with E-state index in [9.17, 15) is 24.3 Å². The van der Waals surface area contributed by atoms with Crippen LogP contribution < -0.4 is 10.1 Å². The van der Waals surface area contributed by atoms with Crippen molar-refractivity contribution < 1.29 is 33.8 Å². The van der Waals surface area contributed by atoms with Gasteiger partial charge in [0.25, 0.3) is 5.91 Å². The van der Waals surface area contributed by atoms with Crippen molar-refractivity contribution in [1.82, 2.24) is 10.2 Å². The first-order valence-corrected chi connectivity index (χ1v) is 8.90. The van der Waals surface area contributed by atoms with E-state index in [0.717, 1.165) is 4.90 Å². The van der Waals surface area contributed by atoms with Gasteiger partial charge in [-0.25, -0.2) is 4.79 Å². The van der Waals surface area contributed by atoms with Gasteiger partial charge in [-0.3, -0.25) is 24.6 Å². The molecule has 28 heavy (non-hydrogen) atoms. The number of benzene rings is 1. The Kier molecular flexibility index (Phi) is 5.12. The highest BCUT2D eigenvalue weighted by atomic mass is 16.6. The number of piperidine rings is 1. The van der Waals surface area contributed by atoms with E-state index in [1.54, 1.807) is 32.9 Å². The molecule has 0 spiro atoms. The summed E-state index contributed by atoms with van der Waals surface area (Å²) in [6.45, 7) is 4.77. The highest BCUT2D eigenvalue weighted by molar-refractivity contribution is 6.06. The number of imide groups is 1. The molecule has 2 N–H and O–H groups in total. The van der Waals surface area contributed by atoms with Crippen molar-refractivity contribution in [2.24, 2.45) is 0 Å². The van der Waals surface area contributed by atoms with Crippen LogP contribution >= 0.6 is 0 Å². The monoisotopic (exact) mass is 390 g/mol. The number of carbonyl (C=O) groups excluding carboxylic acids is 4. The molecular weight excluding hydrogens is 368 g/mol. The third-order valence-electron chi connectivity index (χ3n) is 4.36. The van der Waals surface area contributed by atoms with Crippen LogP contribution in [-0.4, -0.2) is 51.9 Å². The first-order valence-electron chi connectivity index (χ1n) is 8.90. The van der Waals surface area contributed by atoms with E-state index < -0.39 is 48.2 Å². The Bertz CT molecular complexity index is 843. The number of fused-ring (bicyclic) bond motifs is 1. The molecule has 2 aliphatic rings. The van der Waals surface area contributed by atoms with Crippen molar-refractivity contribution in [3.63, 3.8) is 0 Å². The molecular formula is C19H22N2O7. The van der Waals surface area contributed by atoms with E-state index in [2.05, 4.69) is 5.32 Å². The second-order valence-electron chi connectivity index (χ2n) is 7.65. The maximum absolute atomic E-state index is 12.9. The molecule has 2 heterocycles. The molecule has 0 radical (unpaired) electrons. The molecule has 2 atom stereocenters. The van der Waals surface area contributed by atoms with Crippen molar-refractivity contribution in [1.29, 1.82) is 0 Å². The summed E-state index contributed by atoms with van der Waals surface area (Å²) in [5.41, 5.74) is -0.312. The van der Waals surface area contributed by atoms with Crippen LogP contribution in [0.2, 0.25) is 0 Å². The number of aliphatic hydroxyl groups excluding tert-OH is 1. The molecule has 0 aromatic heterocycles. The van der Waals surface area contributed by atoms with Gasteiger partial charge in [0.05, 0.1) is 5.56 Å². The predicted octanol–water partition coefficient (Wildman–Crippen LogP) is 0.659. The Morgan fingerprint density at radius 3 is 2.64 bits per heavy atom. The Balaban J connectivity index is 1.80. The summed E-state index contributed by atoms with van der Waals surface area (Å²) >= 11 is 0. The average molecular weight is 390 g/mol. The van der Waals surface area contributed by atoms with Gasteiger partial charge in [-0.05, 0) is 33.3 Å². The molecule has 150 valence electrons. The Morgan fingerprint density at radius 1 is 1.29 bits per heavy atom. The van der Waals surface area contributed by atoms with Gasteiger partial charge in [-0.2, -0.15) is 0 Å². The number of esters is 1. The normalized spacial score (nSPS) is 22.0. The quantitative estimate of drug-likeness (QED) is 0.572. The number of amides is 3. The molecule has 2 aliphatic heterocycles. The number of nitrogens with zero attached hydrogens (tertiary/aromatic N) is 1. The molecule has 0 bridgehead atoms. The number of nitrogens with one attached hydrogen (secondary N) is 1. The Morgan fingerprint density at radius 2 is 2.00 bits per heavy atom. The number of aliphatic hydroxyl groups is 1. The number of carbonyl (C=O) groups is 4. The van der Waals surface area contributed by atoms with Crippen LogP contribution in [0.15, 0.2) is 18.2 Å². The molecule has 1 aromatic rings. The smallest absolute Gasteiger partial charge is 0.344 e. The van der Waals surface area contributed by atoms with Gasteiger partial charge < -0.3 is 14.6 Å². The van der Waals surface area contributed by atoms with E-state index >= 15 is 0 Å². The molecule has 9 nitrogen and oxygen atoms in total. The molecule has 3 amide bonds. The third kappa shape index (κ3) is 3.84. The maximum atomic E-state index is 12.9. The van der Waals surface area contributed by atoms with Gasteiger partial charge in [0, 0.05) is 12.0 Å². The van der Waals surface area contributed by atoms with Crippen LogP contribution in [0.5, 0.6) is 5.75 Å². The van der Waals surface area contributed by atoms with Crippen LogP contribution in [0, 0.1) is 0 Å². The van der Waals surface area contributed by atoms with E-state index in [-0.39, 0.29) is 29.7 Å². The summed E-state index contributed by atoms with van der Waals surface area (Å²) in [6.07, 6.45) is -1.16. The fourth-order valence-electron chi connectivity index (χ4n) is 3.27. The fourth-order valence-corrected chi connectivity index (χ4v) is 3.27. The zero-order valence-electron chi connectivity index (χ0n) is 15.9. The summed E-state index contributed by atoms with van der Waals surface area (Å²) in [7, 11) is 0. The van der Waals surface area contributed by atoms with Gasteiger partial charge in [-0.1, -0.05) is 12.1 Å². The van der Waals surface area contributed by atoms with Crippen molar-refractivity contribution in [2.75, 3.05) is 6.61 Å². The predicted molar refractivity (Wildman–Crippen MR) is 95.1 cm³/mol.